The van der Waals surface area contributed by atoms with E-state index in [1.807, 2.05) is 0 Å². The molecule has 1 heterocycles. The first-order chi connectivity index (χ1) is 5.27. The van der Waals surface area contributed by atoms with Gasteiger partial charge < -0.3 is 10.4 Å². The molecule has 0 aliphatic carbocycles. The Morgan fingerprint density at radius 3 is 3.00 bits per heavy atom. The fourth-order valence-corrected chi connectivity index (χ4v) is 1.35. The fourth-order valence-electron chi connectivity index (χ4n) is 1.35. The van der Waals surface area contributed by atoms with E-state index in [9.17, 15) is 4.79 Å². The van der Waals surface area contributed by atoms with Crippen LogP contribution < -0.4 is 5.32 Å². The standard InChI is InChI=1S/C8H13NO2/c1-2-3-6-4-7(5-10)9-8(6)11/h2,6-7,10H,1,3-5H2,(H,9,11)/t6-,7+/m0/s1. The number of amides is 1. The average molecular weight is 155 g/mol. The maximum Gasteiger partial charge on any atom is 0.223 e. The third-order valence-corrected chi connectivity index (χ3v) is 1.96. The Balaban J connectivity index is 2.44. The third kappa shape index (κ3) is 1.80. The first-order valence-corrected chi connectivity index (χ1v) is 3.80. The van der Waals surface area contributed by atoms with Crippen molar-refractivity contribution in [3.63, 3.8) is 0 Å². The third-order valence-electron chi connectivity index (χ3n) is 1.96. The first-order valence-electron chi connectivity index (χ1n) is 3.80. The van der Waals surface area contributed by atoms with Crippen LogP contribution in [0.4, 0.5) is 0 Å². The quantitative estimate of drug-likeness (QED) is 0.566. The number of carbonyl (C=O) groups excluding carboxylic acids is 1. The Labute approximate surface area is 66.1 Å². The zero-order valence-electron chi connectivity index (χ0n) is 6.42. The van der Waals surface area contributed by atoms with Crippen molar-refractivity contribution in [1.82, 2.24) is 5.32 Å². The Morgan fingerprint density at radius 1 is 1.82 bits per heavy atom. The van der Waals surface area contributed by atoms with Crippen LogP contribution in [0.2, 0.25) is 0 Å². The van der Waals surface area contributed by atoms with Crippen LogP contribution in [0.15, 0.2) is 12.7 Å². The molecule has 3 heteroatoms. The SMILES string of the molecule is C=CC[C@H]1C[C@H](CO)NC1=O. The fraction of sp³-hybridized carbons (Fsp3) is 0.625. The van der Waals surface area contributed by atoms with Crippen LogP contribution in [0.1, 0.15) is 12.8 Å². The minimum atomic E-state index is -0.0348. The second-order valence-electron chi connectivity index (χ2n) is 2.85. The zero-order chi connectivity index (χ0) is 8.27. The van der Waals surface area contributed by atoms with Gasteiger partial charge in [-0.2, -0.15) is 0 Å². The smallest absolute Gasteiger partial charge is 0.223 e. The van der Waals surface area contributed by atoms with Gasteiger partial charge in [-0.25, -0.2) is 0 Å². The van der Waals surface area contributed by atoms with E-state index >= 15 is 0 Å². The van der Waals surface area contributed by atoms with Gasteiger partial charge in [0.15, 0.2) is 0 Å². The van der Waals surface area contributed by atoms with Crippen molar-refractivity contribution in [2.45, 2.75) is 18.9 Å². The topological polar surface area (TPSA) is 49.3 Å². The lowest BCUT2D eigenvalue weighted by atomic mass is 10.0. The molecule has 1 amide bonds. The lowest BCUT2D eigenvalue weighted by Gasteiger charge is -2.02. The van der Waals surface area contributed by atoms with Gasteiger partial charge in [0.2, 0.25) is 5.91 Å². The molecule has 0 radical (unpaired) electrons. The molecule has 0 aromatic heterocycles. The molecule has 1 rings (SSSR count). The molecule has 1 fully saturated rings. The lowest BCUT2D eigenvalue weighted by Crippen LogP contribution is -2.28. The van der Waals surface area contributed by atoms with Crippen LogP contribution in [0.3, 0.4) is 0 Å². The van der Waals surface area contributed by atoms with Gasteiger partial charge in [0.05, 0.1) is 12.6 Å². The summed E-state index contributed by atoms with van der Waals surface area (Å²) in [7, 11) is 0. The van der Waals surface area contributed by atoms with Crippen LogP contribution in [0, 0.1) is 5.92 Å². The molecule has 1 saturated heterocycles. The summed E-state index contributed by atoms with van der Waals surface area (Å²) in [5, 5.41) is 11.4. The second-order valence-corrected chi connectivity index (χ2v) is 2.85. The highest BCUT2D eigenvalue weighted by atomic mass is 16.3. The number of hydrogen-bond acceptors (Lipinski definition) is 2. The van der Waals surface area contributed by atoms with Crippen molar-refractivity contribution in [2.75, 3.05) is 6.61 Å². The van der Waals surface area contributed by atoms with E-state index in [-0.39, 0.29) is 24.5 Å². The lowest BCUT2D eigenvalue weighted by molar-refractivity contribution is -0.122. The van der Waals surface area contributed by atoms with E-state index < -0.39 is 0 Å². The molecular weight excluding hydrogens is 142 g/mol. The average Bonchev–Trinajstić information content (AvgIpc) is 2.33. The van der Waals surface area contributed by atoms with Gasteiger partial charge in [0.1, 0.15) is 0 Å². The predicted molar refractivity (Wildman–Crippen MR) is 41.9 cm³/mol. The summed E-state index contributed by atoms with van der Waals surface area (Å²) in [5.41, 5.74) is 0. The highest BCUT2D eigenvalue weighted by Gasteiger charge is 2.29. The molecule has 1 aliphatic heterocycles. The van der Waals surface area contributed by atoms with Crippen LogP contribution in [-0.2, 0) is 4.79 Å². The Kier molecular flexibility index (Phi) is 2.65. The summed E-state index contributed by atoms with van der Waals surface area (Å²) >= 11 is 0. The summed E-state index contributed by atoms with van der Waals surface area (Å²) in [6, 6.07) is -0.0348. The molecule has 2 atom stereocenters. The number of aliphatic hydroxyl groups excluding tert-OH is 1. The molecule has 0 bridgehead atoms. The van der Waals surface area contributed by atoms with E-state index in [0.717, 1.165) is 6.42 Å². The van der Waals surface area contributed by atoms with Crippen LogP contribution in [0.5, 0.6) is 0 Å². The zero-order valence-corrected chi connectivity index (χ0v) is 6.42. The van der Waals surface area contributed by atoms with E-state index in [0.29, 0.717) is 6.42 Å². The van der Waals surface area contributed by atoms with Crippen molar-refractivity contribution in [1.29, 1.82) is 0 Å². The van der Waals surface area contributed by atoms with Gasteiger partial charge in [-0.05, 0) is 12.8 Å². The van der Waals surface area contributed by atoms with Gasteiger partial charge in [-0.15, -0.1) is 6.58 Å². The molecule has 2 N–H and O–H groups in total. The Morgan fingerprint density at radius 2 is 2.55 bits per heavy atom. The maximum absolute atomic E-state index is 11.1. The Bertz CT molecular complexity index is 167. The largest absolute Gasteiger partial charge is 0.394 e. The molecule has 0 saturated carbocycles. The number of carbonyl (C=O) groups is 1. The number of hydrogen-bond donors (Lipinski definition) is 2. The number of aliphatic hydroxyl groups is 1. The number of nitrogens with one attached hydrogen (secondary N) is 1. The molecule has 3 nitrogen and oxygen atoms in total. The van der Waals surface area contributed by atoms with Crippen molar-refractivity contribution in [2.24, 2.45) is 5.92 Å². The first kappa shape index (κ1) is 8.27. The van der Waals surface area contributed by atoms with E-state index in [1.54, 1.807) is 6.08 Å². The summed E-state index contributed by atoms with van der Waals surface area (Å²) in [5.74, 6) is 0.0774. The maximum atomic E-state index is 11.1. The second kappa shape index (κ2) is 3.53. The van der Waals surface area contributed by atoms with Crippen molar-refractivity contribution in [3.05, 3.63) is 12.7 Å². The van der Waals surface area contributed by atoms with Gasteiger partial charge >= 0.3 is 0 Å². The molecule has 0 spiro atoms. The van der Waals surface area contributed by atoms with Crippen molar-refractivity contribution < 1.29 is 9.90 Å². The summed E-state index contributed by atoms with van der Waals surface area (Å²) in [6.45, 7) is 3.61. The highest BCUT2D eigenvalue weighted by molar-refractivity contribution is 5.81. The minimum absolute atomic E-state index is 0.0321. The van der Waals surface area contributed by atoms with Crippen LogP contribution >= 0.6 is 0 Å². The molecule has 1 aliphatic rings. The Hall–Kier alpha value is -0.830. The molecule has 0 aromatic rings. The molecule has 62 valence electrons. The van der Waals surface area contributed by atoms with Gasteiger partial charge in [0.25, 0.3) is 0 Å². The normalized spacial score (nSPS) is 30.1. The number of rotatable bonds is 3. The van der Waals surface area contributed by atoms with Crippen molar-refractivity contribution in [3.8, 4) is 0 Å². The van der Waals surface area contributed by atoms with Gasteiger partial charge in [0, 0.05) is 5.92 Å². The monoisotopic (exact) mass is 155 g/mol. The molecule has 0 aromatic carbocycles. The molecular formula is C8H13NO2. The summed E-state index contributed by atoms with van der Waals surface area (Å²) in [6.07, 6.45) is 3.19. The van der Waals surface area contributed by atoms with Gasteiger partial charge in [-0.1, -0.05) is 6.08 Å². The minimum Gasteiger partial charge on any atom is -0.394 e. The predicted octanol–water partition coefficient (Wildman–Crippen LogP) is 0.0595. The van der Waals surface area contributed by atoms with Crippen LogP contribution in [-0.4, -0.2) is 23.7 Å². The number of allylic oxidation sites excluding steroid dienone is 1. The molecule has 11 heavy (non-hydrogen) atoms. The van der Waals surface area contributed by atoms with E-state index in [2.05, 4.69) is 11.9 Å². The summed E-state index contributed by atoms with van der Waals surface area (Å²) < 4.78 is 0. The van der Waals surface area contributed by atoms with Gasteiger partial charge in [-0.3, -0.25) is 4.79 Å². The molecule has 0 unspecified atom stereocenters. The van der Waals surface area contributed by atoms with Crippen LogP contribution in [0.25, 0.3) is 0 Å². The van der Waals surface area contributed by atoms with E-state index in [1.165, 1.54) is 0 Å². The van der Waals surface area contributed by atoms with Crippen molar-refractivity contribution >= 4 is 5.91 Å². The highest BCUT2D eigenvalue weighted by Crippen LogP contribution is 2.18. The summed E-state index contributed by atoms with van der Waals surface area (Å²) in [4.78, 5) is 11.1. The van der Waals surface area contributed by atoms with E-state index in [4.69, 9.17) is 5.11 Å².